The van der Waals surface area contributed by atoms with Crippen molar-refractivity contribution >= 4 is 23.2 Å². The number of rotatable bonds is 9. The van der Waals surface area contributed by atoms with Gasteiger partial charge >= 0.3 is 5.97 Å². The van der Waals surface area contributed by atoms with Crippen molar-refractivity contribution < 1.29 is 14.7 Å². The summed E-state index contributed by atoms with van der Waals surface area (Å²) in [7, 11) is 0. The summed E-state index contributed by atoms with van der Waals surface area (Å²) in [4.78, 5) is 28.1. The average Bonchev–Trinajstić information content (AvgIpc) is 3.04. The molecule has 2 atom stereocenters. The van der Waals surface area contributed by atoms with Crippen molar-refractivity contribution in [2.75, 3.05) is 0 Å². The van der Waals surface area contributed by atoms with E-state index in [0.29, 0.717) is 18.5 Å². The largest absolute Gasteiger partial charge is 0.481 e. The van der Waals surface area contributed by atoms with Crippen LogP contribution in [0.1, 0.15) is 47.7 Å². The summed E-state index contributed by atoms with van der Waals surface area (Å²) >= 11 is 1.49. The van der Waals surface area contributed by atoms with Gasteiger partial charge in [0.15, 0.2) is 0 Å². The monoisotopic (exact) mass is 360 g/mol. The molecule has 0 aliphatic heterocycles. The Bertz CT molecular complexity index is 700. The number of carbonyl (C=O) groups excluding carboxylic acids is 1. The zero-order chi connectivity index (χ0) is 18.2. The first-order chi connectivity index (χ1) is 12.0. The number of carboxylic acid groups (broad SMARTS) is 1. The molecule has 1 aromatic carbocycles. The minimum absolute atomic E-state index is 0.239. The van der Waals surface area contributed by atoms with Crippen LogP contribution < -0.4 is 5.32 Å². The number of hydrogen-bond acceptors (Lipinski definition) is 4. The minimum Gasteiger partial charge on any atom is -0.481 e. The maximum atomic E-state index is 12.5. The van der Waals surface area contributed by atoms with E-state index >= 15 is 0 Å². The van der Waals surface area contributed by atoms with Gasteiger partial charge in [0.2, 0.25) is 0 Å². The molecule has 2 unspecified atom stereocenters. The Morgan fingerprint density at radius 1 is 1.28 bits per heavy atom. The number of nitrogens with one attached hydrogen (secondary N) is 1. The lowest BCUT2D eigenvalue weighted by atomic mass is 9.96. The number of aliphatic carboxylic acids is 1. The molecule has 0 radical (unpaired) electrons. The molecule has 1 aromatic heterocycles. The number of aryl methyl sites for hydroxylation is 1. The fourth-order valence-electron chi connectivity index (χ4n) is 2.62. The van der Waals surface area contributed by atoms with Crippen molar-refractivity contribution in [3.63, 3.8) is 0 Å². The summed E-state index contributed by atoms with van der Waals surface area (Å²) < 4.78 is 0. The van der Waals surface area contributed by atoms with Crippen LogP contribution >= 0.6 is 11.3 Å². The number of nitrogens with zero attached hydrogens (tertiary/aromatic N) is 1. The Balaban J connectivity index is 2.07. The van der Waals surface area contributed by atoms with Crippen molar-refractivity contribution in [2.45, 2.75) is 45.6 Å². The smallest absolute Gasteiger partial charge is 0.306 e. The standard InChI is InChI=1S/C19H24N2O3S/c1-3-7-17-21-16(12-25-17)18(22)20-15(10-13(2)19(23)24)11-14-8-5-4-6-9-14/h4-6,8-9,12-13,15H,3,7,10-11H2,1-2H3,(H,20,22)(H,23,24). The van der Waals surface area contributed by atoms with Crippen molar-refractivity contribution in [1.82, 2.24) is 10.3 Å². The lowest BCUT2D eigenvalue weighted by molar-refractivity contribution is -0.141. The van der Waals surface area contributed by atoms with E-state index in [1.54, 1.807) is 12.3 Å². The first kappa shape index (κ1) is 19.1. The molecule has 0 aliphatic carbocycles. The van der Waals surface area contributed by atoms with Gasteiger partial charge in [-0.2, -0.15) is 0 Å². The molecule has 25 heavy (non-hydrogen) atoms. The second-order valence-electron chi connectivity index (χ2n) is 6.21. The summed E-state index contributed by atoms with van der Waals surface area (Å²) in [5, 5.41) is 14.9. The van der Waals surface area contributed by atoms with E-state index in [1.165, 1.54) is 11.3 Å². The van der Waals surface area contributed by atoms with Crippen molar-refractivity contribution in [2.24, 2.45) is 5.92 Å². The highest BCUT2D eigenvalue weighted by molar-refractivity contribution is 7.09. The SMILES string of the molecule is CCCc1nc(C(=O)NC(Cc2ccccc2)CC(C)C(=O)O)cs1. The third-order valence-corrected chi connectivity index (χ3v) is 4.88. The fourth-order valence-corrected chi connectivity index (χ4v) is 3.50. The number of carboxylic acids is 1. The number of amides is 1. The molecule has 0 spiro atoms. The molecule has 134 valence electrons. The minimum atomic E-state index is -0.855. The van der Waals surface area contributed by atoms with Crippen molar-refractivity contribution in [3.8, 4) is 0 Å². The molecule has 1 amide bonds. The van der Waals surface area contributed by atoms with Crippen LogP contribution in [-0.4, -0.2) is 28.0 Å². The molecule has 5 nitrogen and oxygen atoms in total. The van der Waals surface area contributed by atoms with Crippen LogP contribution in [0.25, 0.3) is 0 Å². The molecule has 0 saturated carbocycles. The van der Waals surface area contributed by atoms with E-state index in [9.17, 15) is 14.7 Å². The van der Waals surface area contributed by atoms with Gasteiger partial charge in [0.25, 0.3) is 5.91 Å². The zero-order valence-corrected chi connectivity index (χ0v) is 15.4. The van der Waals surface area contributed by atoms with Gasteiger partial charge in [0.05, 0.1) is 10.9 Å². The lowest BCUT2D eigenvalue weighted by Gasteiger charge is -2.20. The van der Waals surface area contributed by atoms with Crippen LogP contribution in [-0.2, 0) is 17.6 Å². The van der Waals surface area contributed by atoms with Crippen molar-refractivity contribution in [3.05, 3.63) is 52.0 Å². The molecule has 2 N–H and O–H groups in total. The van der Waals surface area contributed by atoms with Crippen LogP contribution in [0.2, 0.25) is 0 Å². The topological polar surface area (TPSA) is 79.3 Å². The highest BCUT2D eigenvalue weighted by Crippen LogP contribution is 2.15. The van der Waals surface area contributed by atoms with Crippen LogP contribution in [0.4, 0.5) is 0 Å². The molecule has 1 heterocycles. The Labute approximate surface area is 152 Å². The third-order valence-electron chi connectivity index (χ3n) is 3.97. The second-order valence-corrected chi connectivity index (χ2v) is 7.15. The maximum Gasteiger partial charge on any atom is 0.306 e. The van der Waals surface area contributed by atoms with Crippen LogP contribution in [0.5, 0.6) is 0 Å². The Morgan fingerprint density at radius 2 is 2.00 bits per heavy atom. The summed E-state index contributed by atoms with van der Waals surface area (Å²) in [5.41, 5.74) is 1.48. The molecule has 2 rings (SSSR count). The summed E-state index contributed by atoms with van der Waals surface area (Å²) in [6.45, 7) is 3.74. The number of thiazole rings is 1. The highest BCUT2D eigenvalue weighted by atomic mass is 32.1. The Kier molecular flexibility index (Phi) is 7.13. The molecule has 0 bridgehead atoms. The van der Waals surface area contributed by atoms with Gasteiger partial charge in [-0.25, -0.2) is 4.98 Å². The summed E-state index contributed by atoms with van der Waals surface area (Å²) in [6, 6.07) is 9.51. The number of benzene rings is 1. The molecule has 0 aliphatic rings. The predicted molar refractivity (Wildman–Crippen MR) is 98.9 cm³/mol. The molecular weight excluding hydrogens is 336 g/mol. The fraction of sp³-hybridized carbons (Fsp3) is 0.421. The van der Waals surface area contributed by atoms with Gasteiger partial charge in [-0.05, 0) is 31.2 Å². The quantitative estimate of drug-likeness (QED) is 0.717. The van der Waals surface area contributed by atoms with Gasteiger partial charge < -0.3 is 10.4 Å². The molecule has 0 saturated heterocycles. The number of aromatic nitrogens is 1. The second kappa shape index (κ2) is 9.32. The summed E-state index contributed by atoms with van der Waals surface area (Å²) in [6.07, 6.45) is 2.82. The first-order valence-electron chi connectivity index (χ1n) is 8.51. The highest BCUT2D eigenvalue weighted by Gasteiger charge is 2.22. The summed E-state index contributed by atoms with van der Waals surface area (Å²) in [5.74, 6) is -1.62. The zero-order valence-electron chi connectivity index (χ0n) is 14.6. The van der Waals surface area contributed by atoms with E-state index in [-0.39, 0.29) is 11.9 Å². The van der Waals surface area contributed by atoms with Crippen LogP contribution in [0.15, 0.2) is 35.7 Å². The normalized spacial score (nSPS) is 13.2. The number of hydrogen-bond donors (Lipinski definition) is 2. The van der Waals surface area contributed by atoms with Gasteiger partial charge in [-0.3, -0.25) is 9.59 Å². The predicted octanol–water partition coefficient (Wildman–Crippen LogP) is 3.55. The van der Waals surface area contributed by atoms with Crippen LogP contribution in [0, 0.1) is 5.92 Å². The third kappa shape index (κ3) is 5.98. The molecule has 6 heteroatoms. The van der Waals surface area contributed by atoms with E-state index in [1.807, 2.05) is 30.3 Å². The van der Waals surface area contributed by atoms with E-state index < -0.39 is 11.9 Å². The van der Waals surface area contributed by atoms with Gasteiger partial charge in [-0.15, -0.1) is 11.3 Å². The van der Waals surface area contributed by atoms with E-state index in [2.05, 4.69) is 17.2 Å². The van der Waals surface area contributed by atoms with Gasteiger partial charge in [-0.1, -0.05) is 44.2 Å². The van der Waals surface area contributed by atoms with Gasteiger partial charge in [0.1, 0.15) is 5.69 Å². The molecule has 0 fully saturated rings. The Morgan fingerprint density at radius 3 is 2.64 bits per heavy atom. The van der Waals surface area contributed by atoms with Crippen molar-refractivity contribution in [1.29, 1.82) is 0 Å². The first-order valence-corrected chi connectivity index (χ1v) is 9.39. The van der Waals surface area contributed by atoms with Gasteiger partial charge in [0, 0.05) is 11.4 Å². The Hall–Kier alpha value is -2.21. The van der Waals surface area contributed by atoms with E-state index in [0.717, 1.165) is 23.4 Å². The number of carbonyl (C=O) groups is 2. The maximum absolute atomic E-state index is 12.5. The molecular formula is C19H24N2O3S. The lowest BCUT2D eigenvalue weighted by Crippen LogP contribution is -2.38. The van der Waals surface area contributed by atoms with Crippen LogP contribution in [0.3, 0.4) is 0 Å². The van der Waals surface area contributed by atoms with E-state index in [4.69, 9.17) is 0 Å². The average molecular weight is 360 g/mol. The molecule has 2 aromatic rings.